The number of methoxy groups -OCH3 is 1. The molecule has 0 saturated heterocycles. The molecule has 1 heterocycles. The van der Waals surface area contributed by atoms with Crippen LogP contribution < -0.4 is 0 Å². The normalized spacial score (nSPS) is 14.5. The van der Waals surface area contributed by atoms with Crippen molar-refractivity contribution < 1.29 is 9.26 Å². The monoisotopic (exact) mass is 209 g/mol. The first-order valence-corrected chi connectivity index (χ1v) is 4.91. The fraction of sp³-hybridized carbons (Fsp3) is 0.700. The summed E-state index contributed by atoms with van der Waals surface area (Å²) in [7, 11) is 1.62. The van der Waals surface area contributed by atoms with Crippen LogP contribution in [0, 0.1) is 11.3 Å². The first kappa shape index (κ1) is 11.7. The second kappa shape index (κ2) is 4.89. The number of nitriles is 1. The molecule has 0 radical (unpaired) electrons. The maximum atomic E-state index is 8.42. The van der Waals surface area contributed by atoms with Gasteiger partial charge in [0.05, 0.1) is 6.07 Å². The molecular formula is C10H15N3O2. The lowest BCUT2D eigenvalue weighted by Crippen LogP contribution is -2.24. The molecule has 5 heteroatoms. The third-order valence-corrected chi connectivity index (χ3v) is 2.52. The summed E-state index contributed by atoms with van der Waals surface area (Å²) < 4.78 is 10.4. The predicted molar refractivity (Wildman–Crippen MR) is 52.9 cm³/mol. The maximum absolute atomic E-state index is 8.42. The Labute approximate surface area is 89.0 Å². The Kier molecular flexibility index (Phi) is 3.81. The Hall–Kier alpha value is -1.41. The summed E-state index contributed by atoms with van der Waals surface area (Å²) in [5.74, 6) is 1.03. The van der Waals surface area contributed by atoms with Crippen molar-refractivity contribution in [2.75, 3.05) is 7.11 Å². The van der Waals surface area contributed by atoms with Crippen LogP contribution in [-0.4, -0.2) is 17.3 Å². The molecule has 0 aliphatic rings. The van der Waals surface area contributed by atoms with E-state index in [4.69, 9.17) is 14.5 Å². The molecule has 0 fully saturated rings. The molecule has 1 aromatic heterocycles. The van der Waals surface area contributed by atoms with Crippen LogP contribution in [0.25, 0.3) is 0 Å². The van der Waals surface area contributed by atoms with E-state index in [1.807, 2.05) is 19.9 Å². The molecule has 1 rings (SSSR count). The van der Waals surface area contributed by atoms with Crippen LogP contribution in [0.15, 0.2) is 4.52 Å². The lowest BCUT2D eigenvalue weighted by molar-refractivity contribution is -0.0106. The van der Waals surface area contributed by atoms with Gasteiger partial charge in [-0.1, -0.05) is 12.1 Å². The minimum absolute atomic E-state index is 0.386. The third-order valence-electron chi connectivity index (χ3n) is 2.52. The van der Waals surface area contributed by atoms with Crippen molar-refractivity contribution in [3.8, 4) is 6.07 Å². The molecule has 1 unspecified atom stereocenters. The second-order valence-electron chi connectivity index (χ2n) is 3.46. The summed E-state index contributed by atoms with van der Waals surface area (Å²) >= 11 is 0. The van der Waals surface area contributed by atoms with Crippen molar-refractivity contribution in [3.05, 3.63) is 11.7 Å². The van der Waals surface area contributed by atoms with Gasteiger partial charge >= 0.3 is 0 Å². The molecule has 0 aliphatic carbocycles. The third kappa shape index (κ3) is 2.54. The molecule has 82 valence electrons. The van der Waals surface area contributed by atoms with E-state index < -0.39 is 5.60 Å². The second-order valence-corrected chi connectivity index (χ2v) is 3.46. The zero-order valence-corrected chi connectivity index (χ0v) is 9.28. The summed E-state index contributed by atoms with van der Waals surface area (Å²) in [5.41, 5.74) is -0.506. The predicted octanol–water partition coefficient (Wildman–Crippen LogP) is 1.80. The summed E-state index contributed by atoms with van der Waals surface area (Å²) in [6.45, 7) is 3.90. The van der Waals surface area contributed by atoms with Gasteiger partial charge in [-0.05, 0) is 13.3 Å². The van der Waals surface area contributed by atoms with Gasteiger partial charge in [-0.25, -0.2) is 0 Å². The first-order valence-electron chi connectivity index (χ1n) is 4.91. The van der Waals surface area contributed by atoms with Gasteiger partial charge in [0.25, 0.3) is 0 Å². The molecule has 0 N–H and O–H groups in total. The molecule has 15 heavy (non-hydrogen) atoms. The molecule has 1 atom stereocenters. The summed E-state index contributed by atoms with van der Waals surface area (Å²) in [6.07, 6.45) is 1.64. The highest BCUT2D eigenvalue weighted by Crippen LogP contribution is 2.25. The quantitative estimate of drug-likeness (QED) is 0.739. The number of nitrogens with zero attached hydrogens (tertiary/aromatic N) is 3. The number of rotatable bonds is 5. The average Bonchev–Trinajstić information content (AvgIpc) is 2.74. The van der Waals surface area contributed by atoms with E-state index in [9.17, 15) is 0 Å². The van der Waals surface area contributed by atoms with Gasteiger partial charge in [-0.2, -0.15) is 10.2 Å². The zero-order chi connectivity index (χ0) is 11.3. The number of ether oxygens (including phenoxy) is 1. The van der Waals surface area contributed by atoms with Crippen molar-refractivity contribution in [3.63, 3.8) is 0 Å². The lowest BCUT2D eigenvalue weighted by atomic mass is 10.0. The van der Waals surface area contributed by atoms with Gasteiger partial charge in [0, 0.05) is 20.0 Å². The SMILES string of the molecule is CCC(C)(OC)c1noc(CCC#N)n1. The van der Waals surface area contributed by atoms with Gasteiger partial charge in [0.2, 0.25) is 11.7 Å². The van der Waals surface area contributed by atoms with Gasteiger partial charge in [-0.15, -0.1) is 0 Å². The van der Waals surface area contributed by atoms with E-state index in [0.29, 0.717) is 24.6 Å². The highest BCUT2D eigenvalue weighted by atomic mass is 16.5. The maximum Gasteiger partial charge on any atom is 0.227 e. The van der Waals surface area contributed by atoms with Crippen LogP contribution in [0.3, 0.4) is 0 Å². The number of aryl methyl sites for hydroxylation is 1. The van der Waals surface area contributed by atoms with E-state index >= 15 is 0 Å². The molecule has 0 aliphatic heterocycles. The van der Waals surface area contributed by atoms with E-state index in [2.05, 4.69) is 10.1 Å². The molecule has 0 amide bonds. The Morgan fingerprint density at radius 2 is 2.33 bits per heavy atom. The van der Waals surface area contributed by atoms with Gasteiger partial charge in [0.1, 0.15) is 5.60 Å². The number of hydrogen-bond donors (Lipinski definition) is 0. The summed E-state index contributed by atoms with van der Waals surface area (Å²) in [5, 5.41) is 12.3. The molecule has 0 spiro atoms. The van der Waals surface area contributed by atoms with Crippen LogP contribution in [-0.2, 0) is 16.8 Å². The summed E-state index contributed by atoms with van der Waals surface area (Å²) in [6, 6.07) is 2.03. The molecule has 0 bridgehead atoms. The number of hydrogen-bond acceptors (Lipinski definition) is 5. The fourth-order valence-corrected chi connectivity index (χ4v) is 1.13. The summed E-state index contributed by atoms with van der Waals surface area (Å²) in [4.78, 5) is 4.21. The smallest absolute Gasteiger partial charge is 0.227 e. The van der Waals surface area contributed by atoms with Gasteiger partial charge < -0.3 is 9.26 Å². The minimum Gasteiger partial charge on any atom is -0.370 e. The zero-order valence-electron chi connectivity index (χ0n) is 9.28. The average molecular weight is 209 g/mol. The topological polar surface area (TPSA) is 71.9 Å². The van der Waals surface area contributed by atoms with Gasteiger partial charge in [0.15, 0.2) is 0 Å². The van der Waals surface area contributed by atoms with E-state index in [-0.39, 0.29) is 0 Å². The lowest BCUT2D eigenvalue weighted by Gasteiger charge is -2.21. The first-order chi connectivity index (χ1) is 7.16. The van der Waals surface area contributed by atoms with Gasteiger partial charge in [-0.3, -0.25) is 0 Å². The van der Waals surface area contributed by atoms with Crippen LogP contribution in [0.1, 0.15) is 38.4 Å². The van der Waals surface area contributed by atoms with Crippen LogP contribution in [0.4, 0.5) is 0 Å². The fourth-order valence-electron chi connectivity index (χ4n) is 1.13. The highest BCUT2D eigenvalue weighted by Gasteiger charge is 2.29. The Bertz CT molecular complexity index is 350. The molecule has 5 nitrogen and oxygen atoms in total. The Morgan fingerprint density at radius 1 is 1.60 bits per heavy atom. The molecular weight excluding hydrogens is 194 g/mol. The van der Waals surface area contributed by atoms with Crippen LogP contribution >= 0.6 is 0 Å². The standard InChI is InChI=1S/C10H15N3O2/c1-4-10(2,14-3)9-12-8(15-13-9)6-5-7-11/h4-6H2,1-3H3. The van der Waals surface area contributed by atoms with Crippen molar-refractivity contribution in [1.82, 2.24) is 10.1 Å². The van der Waals surface area contributed by atoms with E-state index in [1.165, 1.54) is 0 Å². The van der Waals surface area contributed by atoms with E-state index in [0.717, 1.165) is 6.42 Å². The molecule has 0 aromatic carbocycles. The molecule has 1 aromatic rings. The Morgan fingerprint density at radius 3 is 2.87 bits per heavy atom. The van der Waals surface area contributed by atoms with Crippen molar-refractivity contribution in [1.29, 1.82) is 5.26 Å². The van der Waals surface area contributed by atoms with Crippen molar-refractivity contribution >= 4 is 0 Å². The van der Waals surface area contributed by atoms with Crippen molar-refractivity contribution in [2.24, 2.45) is 0 Å². The van der Waals surface area contributed by atoms with E-state index in [1.54, 1.807) is 7.11 Å². The molecule has 0 saturated carbocycles. The van der Waals surface area contributed by atoms with Crippen LogP contribution in [0.5, 0.6) is 0 Å². The highest BCUT2D eigenvalue weighted by molar-refractivity contribution is 4.99. The van der Waals surface area contributed by atoms with Crippen LogP contribution in [0.2, 0.25) is 0 Å². The van der Waals surface area contributed by atoms with Crippen molar-refractivity contribution in [2.45, 2.75) is 38.7 Å². The minimum atomic E-state index is -0.506. The number of aromatic nitrogens is 2. The Balaban J connectivity index is 2.79. The largest absolute Gasteiger partial charge is 0.370 e.